The Labute approximate surface area is 194 Å². The summed E-state index contributed by atoms with van der Waals surface area (Å²) in [4.78, 5) is 53.5. The maximum atomic E-state index is 13.8. The quantitative estimate of drug-likeness (QED) is 0.514. The second-order valence-corrected chi connectivity index (χ2v) is 9.16. The average molecular weight is 463 g/mol. The van der Waals surface area contributed by atoms with Crippen LogP contribution in [0.4, 0.5) is 5.69 Å². The molecule has 6 rings (SSSR count). The second-order valence-electron chi connectivity index (χ2n) is 9.16. The third-order valence-corrected chi connectivity index (χ3v) is 7.37. The van der Waals surface area contributed by atoms with Gasteiger partial charge in [-0.3, -0.25) is 24.1 Å². The molecule has 1 spiro atoms. The fourth-order valence-electron chi connectivity index (χ4n) is 5.93. The van der Waals surface area contributed by atoms with Crippen LogP contribution < -0.4 is 25.8 Å². The molecule has 10 heteroatoms. The molecular weight excluding hydrogens is 440 g/mol. The van der Waals surface area contributed by atoms with Gasteiger partial charge in [0.25, 0.3) is 5.91 Å². The van der Waals surface area contributed by atoms with Crippen molar-refractivity contribution in [3.05, 3.63) is 53.6 Å². The highest BCUT2D eigenvalue weighted by Crippen LogP contribution is 2.49. The van der Waals surface area contributed by atoms with Crippen LogP contribution in [0.3, 0.4) is 0 Å². The standard InChI is InChI=1S/C24H22N4O6/c25-18(29)8-6-15-19-20(24(27-15)13-3-1-2-4-14(13)26-23(24)32)22(31)28(21(19)30)10-12-5-7-16-17(9-12)34-11-33-16/h1-5,7,9,15,19-20,27H,6,8,10-11H2,(H2,25,29)(H,26,32)/p+1/t15-,19-,20+,24-/m1/s1. The van der Waals surface area contributed by atoms with Gasteiger partial charge >= 0.3 is 0 Å². The number of primary amides is 1. The van der Waals surface area contributed by atoms with E-state index in [-0.39, 0.29) is 31.6 Å². The highest BCUT2D eigenvalue weighted by atomic mass is 16.7. The number of likely N-dealkylation sites (tertiary alicyclic amines) is 1. The SMILES string of the molecule is NC(=O)CC[C@H]1[NH2+][C@@]2(C(=O)Nc3ccccc32)[C@@H]2C(=O)N(Cc3ccc4c(c3)OCO4)C(=O)[C@@H]21. The maximum absolute atomic E-state index is 13.8. The zero-order valence-electron chi connectivity index (χ0n) is 18.2. The van der Waals surface area contributed by atoms with E-state index in [4.69, 9.17) is 15.2 Å². The van der Waals surface area contributed by atoms with Gasteiger partial charge in [0, 0.05) is 18.4 Å². The first-order valence-electron chi connectivity index (χ1n) is 11.2. The van der Waals surface area contributed by atoms with Crippen LogP contribution in [-0.4, -0.2) is 41.4 Å². The highest BCUT2D eigenvalue weighted by molar-refractivity contribution is 6.13. The normalized spacial score (nSPS) is 28.4. The number of quaternary nitrogens is 1. The van der Waals surface area contributed by atoms with Gasteiger partial charge in [-0.15, -0.1) is 0 Å². The van der Waals surface area contributed by atoms with Gasteiger partial charge < -0.3 is 25.8 Å². The van der Waals surface area contributed by atoms with Gasteiger partial charge in [0.05, 0.1) is 12.2 Å². The van der Waals surface area contributed by atoms with E-state index in [1.807, 2.05) is 18.2 Å². The number of benzene rings is 2. The summed E-state index contributed by atoms with van der Waals surface area (Å²) in [6.07, 6.45) is 0.359. The number of rotatable bonds is 5. The third kappa shape index (κ3) is 2.78. The molecule has 4 atom stereocenters. The Morgan fingerprint density at radius 2 is 1.91 bits per heavy atom. The Balaban J connectivity index is 1.39. The molecule has 0 bridgehead atoms. The molecule has 0 radical (unpaired) electrons. The minimum atomic E-state index is -1.26. The zero-order chi connectivity index (χ0) is 23.6. The van der Waals surface area contributed by atoms with E-state index in [1.165, 1.54) is 4.90 Å². The predicted octanol–water partition coefficient (Wildman–Crippen LogP) is -0.425. The summed E-state index contributed by atoms with van der Waals surface area (Å²) >= 11 is 0. The van der Waals surface area contributed by atoms with Crippen molar-refractivity contribution >= 4 is 29.3 Å². The van der Waals surface area contributed by atoms with Gasteiger partial charge in [-0.2, -0.15) is 0 Å². The van der Waals surface area contributed by atoms with Crippen LogP contribution in [-0.2, 0) is 31.3 Å². The van der Waals surface area contributed by atoms with Crippen molar-refractivity contribution in [2.45, 2.75) is 31.0 Å². The van der Waals surface area contributed by atoms with Crippen molar-refractivity contribution in [3.63, 3.8) is 0 Å². The van der Waals surface area contributed by atoms with E-state index >= 15 is 0 Å². The number of para-hydroxylation sites is 1. The first-order chi connectivity index (χ1) is 16.4. The van der Waals surface area contributed by atoms with Crippen molar-refractivity contribution < 1.29 is 34.0 Å². The first-order valence-corrected chi connectivity index (χ1v) is 11.2. The van der Waals surface area contributed by atoms with E-state index in [0.29, 0.717) is 34.7 Å². The minimum absolute atomic E-state index is 0.0587. The fourth-order valence-corrected chi connectivity index (χ4v) is 5.93. The number of imide groups is 1. The number of amides is 4. The summed E-state index contributed by atoms with van der Waals surface area (Å²) in [6, 6.07) is 12.1. The van der Waals surface area contributed by atoms with E-state index in [9.17, 15) is 19.2 Å². The number of anilines is 1. The summed E-state index contributed by atoms with van der Waals surface area (Å²) in [7, 11) is 0. The van der Waals surface area contributed by atoms with Gasteiger partial charge in [-0.1, -0.05) is 24.3 Å². The number of carbonyl (C=O) groups is 4. The Hall–Kier alpha value is -3.92. The lowest BCUT2D eigenvalue weighted by atomic mass is 9.76. The molecule has 4 aliphatic heterocycles. The molecule has 2 aromatic rings. The molecular formula is C24H23N4O6+. The summed E-state index contributed by atoms with van der Waals surface area (Å²) in [5.41, 5.74) is 6.14. The van der Waals surface area contributed by atoms with Gasteiger partial charge in [-0.25, -0.2) is 0 Å². The van der Waals surface area contributed by atoms with Crippen molar-refractivity contribution in [1.82, 2.24) is 4.90 Å². The fraction of sp³-hybridized carbons (Fsp3) is 0.333. The van der Waals surface area contributed by atoms with Gasteiger partial charge in [-0.05, 0) is 23.8 Å². The second kappa shape index (κ2) is 7.29. The van der Waals surface area contributed by atoms with E-state index < -0.39 is 35.2 Å². The Morgan fingerprint density at radius 3 is 2.74 bits per heavy atom. The van der Waals surface area contributed by atoms with Crippen LogP contribution >= 0.6 is 0 Å². The number of nitrogens with one attached hydrogen (secondary N) is 1. The topological polar surface area (TPSA) is 145 Å². The van der Waals surface area contributed by atoms with Crippen molar-refractivity contribution in [2.24, 2.45) is 17.6 Å². The largest absolute Gasteiger partial charge is 0.454 e. The zero-order valence-corrected chi connectivity index (χ0v) is 18.2. The van der Waals surface area contributed by atoms with E-state index in [2.05, 4.69) is 5.32 Å². The number of carbonyl (C=O) groups excluding carboxylic acids is 4. The molecule has 4 aliphatic rings. The summed E-state index contributed by atoms with van der Waals surface area (Å²) in [6.45, 7) is 0.183. The molecule has 174 valence electrons. The van der Waals surface area contributed by atoms with Crippen molar-refractivity contribution in [3.8, 4) is 11.5 Å². The van der Waals surface area contributed by atoms with Crippen LogP contribution in [0.5, 0.6) is 11.5 Å². The minimum Gasteiger partial charge on any atom is -0.454 e. The van der Waals surface area contributed by atoms with Crippen LogP contribution in [0.25, 0.3) is 0 Å². The summed E-state index contributed by atoms with van der Waals surface area (Å²) < 4.78 is 10.8. The van der Waals surface area contributed by atoms with Gasteiger partial charge in [0.1, 0.15) is 17.9 Å². The molecule has 0 saturated carbocycles. The monoisotopic (exact) mass is 463 g/mol. The number of hydrogen-bond donors (Lipinski definition) is 3. The molecule has 4 amide bonds. The van der Waals surface area contributed by atoms with E-state index in [0.717, 1.165) is 0 Å². The number of hydrogen-bond acceptors (Lipinski definition) is 6. The van der Waals surface area contributed by atoms with Crippen LogP contribution in [0.15, 0.2) is 42.5 Å². The van der Waals surface area contributed by atoms with Crippen LogP contribution in [0.1, 0.15) is 24.0 Å². The Kier molecular flexibility index (Phi) is 4.43. The number of ether oxygens (including phenoxy) is 2. The Bertz CT molecular complexity index is 1260. The van der Waals surface area contributed by atoms with Crippen LogP contribution in [0, 0.1) is 11.8 Å². The lowest BCUT2D eigenvalue weighted by Crippen LogP contribution is -2.99. The molecule has 5 N–H and O–H groups in total. The highest BCUT2D eigenvalue weighted by Gasteiger charge is 2.74. The smallest absolute Gasteiger partial charge is 0.291 e. The van der Waals surface area contributed by atoms with Crippen LogP contribution in [0.2, 0.25) is 0 Å². The average Bonchev–Trinajstić information content (AvgIpc) is 3.54. The maximum Gasteiger partial charge on any atom is 0.291 e. The van der Waals surface area contributed by atoms with Crippen molar-refractivity contribution in [1.29, 1.82) is 0 Å². The Morgan fingerprint density at radius 1 is 1.12 bits per heavy atom. The van der Waals surface area contributed by atoms with Crippen molar-refractivity contribution in [2.75, 3.05) is 12.1 Å². The lowest BCUT2D eigenvalue weighted by Gasteiger charge is -2.26. The number of fused-ring (bicyclic) bond motifs is 5. The third-order valence-electron chi connectivity index (χ3n) is 7.37. The van der Waals surface area contributed by atoms with E-state index in [1.54, 1.807) is 29.6 Å². The molecule has 0 aromatic heterocycles. The summed E-state index contributed by atoms with van der Waals surface area (Å²) in [5.74, 6) is -1.99. The number of nitrogens with zero attached hydrogens (tertiary/aromatic N) is 1. The molecule has 0 aliphatic carbocycles. The first kappa shape index (κ1) is 20.7. The molecule has 34 heavy (non-hydrogen) atoms. The van der Waals surface area contributed by atoms with Gasteiger partial charge in [0.15, 0.2) is 11.5 Å². The lowest BCUT2D eigenvalue weighted by molar-refractivity contribution is -0.734. The molecule has 4 heterocycles. The predicted molar refractivity (Wildman–Crippen MR) is 116 cm³/mol. The molecule has 0 unspecified atom stereocenters. The summed E-state index contributed by atoms with van der Waals surface area (Å²) in [5, 5.41) is 4.69. The molecule has 2 aromatic carbocycles. The molecule has 10 nitrogen and oxygen atoms in total. The van der Waals surface area contributed by atoms with Gasteiger partial charge in [0.2, 0.25) is 30.1 Å². The molecule has 2 fully saturated rings. The number of nitrogens with two attached hydrogens (primary N) is 2. The molecule has 2 saturated heterocycles.